The topological polar surface area (TPSA) is 75.1 Å². The number of carbonyl (C=O) groups excluding carboxylic acids is 1. The highest BCUT2D eigenvalue weighted by Gasteiger charge is 2.33. The molecule has 1 amide bonds. The number of hydrogen-bond acceptors (Lipinski definition) is 4. The van der Waals surface area contributed by atoms with Crippen LogP contribution in [0.5, 0.6) is 0 Å². The average molecular weight is 249 g/mol. The van der Waals surface area contributed by atoms with Crippen LogP contribution in [-0.4, -0.2) is 34.1 Å². The molecule has 1 saturated carbocycles. The summed E-state index contributed by atoms with van der Waals surface area (Å²) in [5.74, 6) is -0.220. The predicted octanol–water partition coefficient (Wildman–Crippen LogP) is 1.07. The zero-order chi connectivity index (χ0) is 13.0. The summed E-state index contributed by atoms with van der Waals surface area (Å²) in [7, 11) is 0. The Morgan fingerprint density at radius 1 is 1.39 bits per heavy atom. The van der Waals surface area contributed by atoms with Crippen LogP contribution < -0.4 is 5.32 Å². The molecule has 2 N–H and O–H groups in total. The van der Waals surface area contributed by atoms with Crippen LogP contribution in [0.25, 0.3) is 0 Å². The van der Waals surface area contributed by atoms with Gasteiger partial charge in [-0.1, -0.05) is 12.8 Å². The maximum absolute atomic E-state index is 11.9. The van der Waals surface area contributed by atoms with Gasteiger partial charge in [-0.2, -0.15) is 0 Å². The molecule has 0 aliphatic heterocycles. The molecule has 18 heavy (non-hydrogen) atoms. The van der Waals surface area contributed by atoms with E-state index in [1.165, 1.54) is 6.20 Å². The summed E-state index contributed by atoms with van der Waals surface area (Å²) in [4.78, 5) is 20.0. The van der Waals surface area contributed by atoms with Gasteiger partial charge in [-0.25, -0.2) is 4.98 Å². The number of nitrogens with one attached hydrogen (secondary N) is 1. The average Bonchev–Trinajstić information content (AvgIpc) is 2.86. The highest BCUT2D eigenvalue weighted by Crippen LogP contribution is 2.36. The number of rotatable bonds is 4. The van der Waals surface area contributed by atoms with Crippen LogP contribution in [0, 0.1) is 12.3 Å². The van der Waals surface area contributed by atoms with E-state index in [1.807, 2.05) is 6.92 Å². The minimum absolute atomic E-state index is 0.131. The first-order chi connectivity index (χ1) is 8.65. The quantitative estimate of drug-likeness (QED) is 0.837. The first-order valence-corrected chi connectivity index (χ1v) is 6.33. The summed E-state index contributed by atoms with van der Waals surface area (Å²) in [5, 5.41) is 12.3. The Bertz CT molecular complexity index is 411. The lowest BCUT2D eigenvalue weighted by Gasteiger charge is -2.26. The van der Waals surface area contributed by atoms with E-state index in [-0.39, 0.29) is 17.9 Å². The maximum Gasteiger partial charge on any atom is 0.271 e. The molecular formula is C13H19N3O2. The van der Waals surface area contributed by atoms with Gasteiger partial charge in [0, 0.05) is 18.2 Å². The number of aryl methyl sites for hydroxylation is 1. The van der Waals surface area contributed by atoms with Crippen LogP contribution in [0.1, 0.15) is 41.9 Å². The number of aliphatic hydroxyl groups is 1. The molecule has 0 spiro atoms. The molecule has 0 atom stereocenters. The molecule has 0 bridgehead atoms. The van der Waals surface area contributed by atoms with Crippen molar-refractivity contribution in [1.29, 1.82) is 0 Å². The highest BCUT2D eigenvalue weighted by molar-refractivity contribution is 5.91. The van der Waals surface area contributed by atoms with E-state index in [9.17, 15) is 9.90 Å². The Labute approximate surface area is 107 Å². The van der Waals surface area contributed by atoms with Crippen molar-refractivity contribution in [3.8, 4) is 0 Å². The van der Waals surface area contributed by atoms with Crippen LogP contribution in [0.15, 0.2) is 12.4 Å². The van der Waals surface area contributed by atoms with E-state index in [1.54, 1.807) is 6.20 Å². The second-order valence-electron chi connectivity index (χ2n) is 5.09. The lowest BCUT2D eigenvalue weighted by Crippen LogP contribution is -2.38. The Morgan fingerprint density at radius 3 is 2.67 bits per heavy atom. The minimum Gasteiger partial charge on any atom is -0.396 e. The van der Waals surface area contributed by atoms with Gasteiger partial charge < -0.3 is 10.4 Å². The van der Waals surface area contributed by atoms with Gasteiger partial charge in [-0.15, -0.1) is 0 Å². The predicted molar refractivity (Wildman–Crippen MR) is 67.1 cm³/mol. The fourth-order valence-electron chi connectivity index (χ4n) is 2.38. The molecule has 1 aliphatic carbocycles. The van der Waals surface area contributed by atoms with E-state index in [0.717, 1.165) is 31.4 Å². The molecule has 1 heterocycles. The standard InChI is InChI=1S/C13H19N3O2/c1-10-6-15-11(7-14-10)12(18)16-8-13(9-17)4-2-3-5-13/h6-7,17H,2-5,8-9H2,1H3,(H,16,18). The number of amides is 1. The van der Waals surface area contributed by atoms with Crippen LogP contribution in [-0.2, 0) is 0 Å². The van der Waals surface area contributed by atoms with E-state index < -0.39 is 0 Å². The van der Waals surface area contributed by atoms with Crippen molar-refractivity contribution >= 4 is 5.91 Å². The van der Waals surface area contributed by atoms with Crippen LogP contribution in [0.2, 0.25) is 0 Å². The van der Waals surface area contributed by atoms with Crippen molar-refractivity contribution in [2.45, 2.75) is 32.6 Å². The SMILES string of the molecule is Cc1cnc(C(=O)NCC2(CO)CCCC2)cn1. The molecule has 1 fully saturated rings. The van der Waals surface area contributed by atoms with E-state index in [4.69, 9.17) is 0 Å². The summed E-state index contributed by atoms with van der Waals surface area (Å²) in [6.07, 6.45) is 7.26. The summed E-state index contributed by atoms with van der Waals surface area (Å²) >= 11 is 0. The third-order valence-electron chi connectivity index (χ3n) is 3.64. The van der Waals surface area contributed by atoms with Crippen molar-refractivity contribution in [1.82, 2.24) is 15.3 Å². The summed E-state index contributed by atoms with van der Waals surface area (Å²) in [6.45, 7) is 2.47. The van der Waals surface area contributed by atoms with Crippen molar-refractivity contribution in [2.24, 2.45) is 5.41 Å². The molecular weight excluding hydrogens is 230 g/mol. The van der Waals surface area contributed by atoms with Crippen LogP contribution in [0.3, 0.4) is 0 Å². The number of hydrogen-bond donors (Lipinski definition) is 2. The largest absolute Gasteiger partial charge is 0.396 e. The number of aliphatic hydroxyl groups excluding tert-OH is 1. The van der Waals surface area contributed by atoms with Crippen molar-refractivity contribution in [3.05, 3.63) is 23.8 Å². The van der Waals surface area contributed by atoms with Gasteiger partial charge in [0.25, 0.3) is 5.91 Å². The molecule has 1 aromatic rings. The Morgan fingerprint density at radius 2 is 2.11 bits per heavy atom. The highest BCUT2D eigenvalue weighted by atomic mass is 16.3. The minimum atomic E-state index is -0.220. The fraction of sp³-hybridized carbons (Fsp3) is 0.615. The Hall–Kier alpha value is -1.49. The second kappa shape index (κ2) is 5.44. The molecule has 2 rings (SSSR count). The molecule has 0 saturated heterocycles. The molecule has 1 aromatic heterocycles. The molecule has 5 nitrogen and oxygen atoms in total. The van der Waals surface area contributed by atoms with Crippen LogP contribution in [0.4, 0.5) is 0 Å². The van der Waals surface area contributed by atoms with Gasteiger partial charge in [0.2, 0.25) is 0 Å². The summed E-state index contributed by atoms with van der Waals surface area (Å²) in [5.41, 5.74) is 0.981. The maximum atomic E-state index is 11.9. The summed E-state index contributed by atoms with van der Waals surface area (Å²) < 4.78 is 0. The van der Waals surface area contributed by atoms with Crippen molar-refractivity contribution in [2.75, 3.05) is 13.2 Å². The van der Waals surface area contributed by atoms with E-state index in [2.05, 4.69) is 15.3 Å². The zero-order valence-electron chi connectivity index (χ0n) is 10.6. The first kappa shape index (κ1) is 13.0. The molecule has 5 heteroatoms. The van der Waals surface area contributed by atoms with Gasteiger partial charge in [-0.3, -0.25) is 9.78 Å². The monoisotopic (exact) mass is 249 g/mol. The first-order valence-electron chi connectivity index (χ1n) is 6.33. The third-order valence-corrected chi connectivity index (χ3v) is 3.64. The van der Waals surface area contributed by atoms with Crippen molar-refractivity contribution < 1.29 is 9.90 Å². The summed E-state index contributed by atoms with van der Waals surface area (Å²) in [6, 6.07) is 0. The smallest absolute Gasteiger partial charge is 0.271 e. The molecule has 1 aliphatic rings. The van der Waals surface area contributed by atoms with E-state index in [0.29, 0.717) is 12.2 Å². The molecule has 98 valence electrons. The van der Waals surface area contributed by atoms with Crippen LogP contribution >= 0.6 is 0 Å². The number of nitrogens with zero attached hydrogens (tertiary/aromatic N) is 2. The zero-order valence-corrected chi connectivity index (χ0v) is 10.6. The number of carbonyl (C=O) groups is 1. The van der Waals surface area contributed by atoms with Gasteiger partial charge in [-0.05, 0) is 19.8 Å². The normalized spacial score (nSPS) is 17.7. The second-order valence-corrected chi connectivity index (χ2v) is 5.09. The fourth-order valence-corrected chi connectivity index (χ4v) is 2.38. The molecule has 0 unspecified atom stereocenters. The van der Waals surface area contributed by atoms with Crippen molar-refractivity contribution in [3.63, 3.8) is 0 Å². The lowest BCUT2D eigenvalue weighted by atomic mass is 9.87. The van der Waals surface area contributed by atoms with Gasteiger partial charge in [0.1, 0.15) is 5.69 Å². The van der Waals surface area contributed by atoms with Gasteiger partial charge >= 0.3 is 0 Å². The number of aromatic nitrogens is 2. The lowest BCUT2D eigenvalue weighted by molar-refractivity contribution is 0.0875. The molecule has 0 radical (unpaired) electrons. The molecule has 0 aromatic carbocycles. The van der Waals surface area contributed by atoms with E-state index >= 15 is 0 Å². The Kier molecular flexibility index (Phi) is 3.91. The third kappa shape index (κ3) is 2.85. The van der Waals surface area contributed by atoms with Gasteiger partial charge in [0.05, 0.1) is 18.5 Å². The Balaban J connectivity index is 1.93. The van der Waals surface area contributed by atoms with Gasteiger partial charge in [0.15, 0.2) is 0 Å².